The van der Waals surface area contributed by atoms with Crippen molar-refractivity contribution in [1.82, 2.24) is 15.2 Å². The number of benzene rings is 1. The van der Waals surface area contributed by atoms with Gasteiger partial charge in [0.25, 0.3) is 0 Å². The summed E-state index contributed by atoms with van der Waals surface area (Å²) in [6, 6.07) is 10.5. The van der Waals surface area contributed by atoms with Crippen LogP contribution in [0.5, 0.6) is 5.75 Å². The van der Waals surface area contributed by atoms with E-state index < -0.39 is 0 Å². The van der Waals surface area contributed by atoms with Crippen LogP contribution in [0.2, 0.25) is 0 Å². The van der Waals surface area contributed by atoms with Crippen molar-refractivity contribution in [3.63, 3.8) is 0 Å². The second-order valence-corrected chi connectivity index (χ2v) is 6.00. The molecule has 1 fully saturated rings. The Kier molecular flexibility index (Phi) is 10.5. The van der Waals surface area contributed by atoms with E-state index in [4.69, 9.17) is 9.47 Å². The molecule has 0 bridgehead atoms. The van der Waals surface area contributed by atoms with Crippen molar-refractivity contribution in [2.24, 2.45) is 0 Å². The molecule has 1 aromatic carbocycles. The number of methoxy groups -OCH3 is 1. The molecule has 0 aliphatic carbocycles. The average molecular weight is 400 g/mol. The maximum atomic E-state index is 5.53. The predicted molar refractivity (Wildman–Crippen MR) is 108 cm³/mol. The lowest BCUT2D eigenvalue weighted by Crippen LogP contribution is -2.35. The van der Waals surface area contributed by atoms with Gasteiger partial charge in [-0.1, -0.05) is 12.1 Å². The van der Waals surface area contributed by atoms with Gasteiger partial charge in [0.1, 0.15) is 5.75 Å². The van der Waals surface area contributed by atoms with Crippen LogP contribution in [0.25, 0.3) is 0 Å². The van der Waals surface area contributed by atoms with Crippen LogP contribution < -0.4 is 10.1 Å². The number of nitrogens with one attached hydrogen (secondary N) is 1. The van der Waals surface area contributed by atoms with Gasteiger partial charge in [-0.05, 0) is 29.3 Å². The lowest BCUT2D eigenvalue weighted by Gasteiger charge is -2.27. The summed E-state index contributed by atoms with van der Waals surface area (Å²) in [5.41, 5.74) is 3.70. The van der Waals surface area contributed by atoms with Gasteiger partial charge in [0.05, 0.1) is 20.3 Å². The molecule has 0 spiro atoms. The standard InChI is InChI=1S/C19H25N3O2.2ClH/c1-23-19-5-4-16(12-21-14-17-3-2-6-20-13-17)11-18(19)15-22-7-9-24-10-8-22;;/h2-6,11,13,21H,7-10,12,14-15H2,1H3;2*1H. The van der Waals surface area contributed by atoms with Crippen LogP contribution in [0, 0.1) is 0 Å². The number of hydrogen-bond donors (Lipinski definition) is 1. The first-order chi connectivity index (χ1) is 11.8. The van der Waals surface area contributed by atoms with Crippen molar-refractivity contribution in [1.29, 1.82) is 0 Å². The first-order valence-electron chi connectivity index (χ1n) is 8.40. The van der Waals surface area contributed by atoms with Crippen LogP contribution in [0.15, 0.2) is 42.7 Å². The Bertz CT molecular complexity index is 638. The van der Waals surface area contributed by atoms with Crippen molar-refractivity contribution in [3.05, 3.63) is 59.4 Å². The zero-order valence-corrected chi connectivity index (χ0v) is 16.7. The second-order valence-electron chi connectivity index (χ2n) is 6.00. The zero-order valence-electron chi connectivity index (χ0n) is 15.0. The summed E-state index contributed by atoms with van der Waals surface area (Å²) in [7, 11) is 1.73. The summed E-state index contributed by atoms with van der Waals surface area (Å²) >= 11 is 0. The van der Waals surface area contributed by atoms with Gasteiger partial charge >= 0.3 is 0 Å². The monoisotopic (exact) mass is 399 g/mol. The van der Waals surface area contributed by atoms with Crippen LogP contribution in [0.3, 0.4) is 0 Å². The van der Waals surface area contributed by atoms with Gasteiger partial charge in [-0.15, -0.1) is 24.8 Å². The van der Waals surface area contributed by atoms with Gasteiger partial charge in [-0.3, -0.25) is 9.88 Å². The van der Waals surface area contributed by atoms with Crippen LogP contribution in [-0.2, 0) is 24.4 Å². The van der Waals surface area contributed by atoms with Gasteiger partial charge in [0, 0.05) is 50.7 Å². The minimum Gasteiger partial charge on any atom is -0.496 e. The van der Waals surface area contributed by atoms with Crippen molar-refractivity contribution < 1.29 is 9.47 Å². The molecule has 0 amide bonds. The summed E-state index contributed by atoms with van der Waals surface area (Å²) < 4.78 is 11.0. The molecule has 1 aliphatic heterocycles. The van der Waals surface area contributed by atoms with E-state index in [0.717, 1.165) is 51.7 Å². The highest BCUT2D eigenvalue weighted by atomic mass is 35.5. The molecule has 26 heavy (non-hydrogen) atoms. The van der Waals surface area contributed by atoms with Crippen LogP contribution in [-0.4, -0.2) is 43.3 Å². The molecule has 0 atom stereocenters. The van der Waals surface area contributed by atoms with E-state index in [2.05, 4.69) is 39.5 Å². The summed E-state index contributed by atoms with van der Waals surface area (Å²) in [6.45, 7) is 6.14. The summed E-state index contributed by atoms with van der Waals surface area (Å²) in [6.07, 6.45) is 3.69. The molecule has 2 heterocycles. The topological polar surface area (TPSA) is 46.6 Å². The third-order valence-corrected chi connectivity index (χ3v) is 4.22. The van der Waals surface area contributed by atoms with E-state index in [1.807, 2.05) is 12.3 Å². The normalized spacial score (nSPS) is 14.2. The Balaban J connectivity index is 0.00000169. The molecule has 3 rings (SSSR count). The molecule has 0 radical (unpaired) electrons. The lowest BCUT2D eigenvalue weighted by atomic mass is 10.1. The quantitative estimate of drug-likeness (QED) is 0.774. The SMILES string of the molecule is COc1ccc(CNCc2cccnc2)cc1CN1CCOCC1.Cl.Cl. The Hall–Kier alpha value is -1.37. The molecule has 7 heteroatoms. The zero-order chi connectivity index (χ0) is 16.6. The largest absolute Gasteiger partial charge is 0.496 e. The number of rotatable bonds is 7. The van der Waals surface area contributed by atoms with Gasteiger partial charge in [0.2, 0.25) is 0 Å². The summed E-state index contributed by atoms with van der Waals surface area (Å²) in [5, 5.41) is 3.47. The van der Waals surface area contributed by atoms with Crippen molar-refractivity contribution in [2.75, 3.05) is 33.4 Å². The highest BCUT2D eigenvalue weighted by molar-refractivity contribution is 5.85. The Morgan fingerprint density at radius 1 is 1.12 bits per heavy atom. The number of nitrogens with zero attached hydrogens (tertiary/aromatic N) is 2. The number of hydrogen-bond acceptors (Lipinski definition) is 5. The molecular formula is C19H27Cl2N3O2. The predicted octanol–water partition coefficient (Wildman–Crippen LogP) is 3.06. The van der Waals surface area contributed by atoms with Crippen LogP contribution >= 0.6 is 24.8 Å². The van der Waals surface area contributed by atoms with E-state index in [9.17, 15) is 0 Å². The highest BCUT2D eigenvalue weighted by Gasteiger charge is 2.13. The van der Waals surface area contributed by atoms with E-state index in [-0.39, 0.29) is 24.8 Å². The highest BCUT2D eigenvalue weighted by Crippen LogP contribution is 2.22. The van der Waals surface area contributed by atoms with Gasteiger partial charge in [-0.25, -0.2) is 0 Å². The van der Waals surface area contributed by atoms with Crippen molar-refractivity contribution in [3.8, 4) is 5.75 Å². The Morgan fingerprint density at radius 2 is 1.88 bits per heavy atom. The Labute approximate surface area is 167 Å². The minimum absolute atomic E-state index is 0. The summed E-state index contributed by atoms with van der Waals surface area (Å²) in [4.78, 5) is 6.55. The molecule has 1 saturated heterocycles. The maximum absolute atomic E-state index is 5.53. The molecule has 144 valence electrons. The van der Waals surface area contributed by atoms with Gasteiger partial charge in [-0.2, -0.15) is 0 Å². The van der Waals surface area contributed by atoms with Crippen LogP contribution in [0.1, 0.15) is 16.7 Å². The molecule has 1 N–H and O–H groups in total. The molecule has 0 unspecified atom stereocenters. The third-order valence-electron chi connectivity index (χ3n) is 4.22. The number of aromatic nitrogens is 1. The van der Waals surface area contributed by atoms with E-state index in [1.165, 1.54) is 16.7 Å². The number of pyridine rings is 1. The number of ether oxygens (including phenoxy) is 2. The molecule has 0 saturated carbocycles. The number of halogens is 2. The van der Waals surface area contributed by atoms with E-state index >= 15 is 0 Å². The summed E-state index contributed by atoms with van der Waals surface area (Å²) in [5.74, 6) is 0.956. The Morgan fingerprint density at radius 3 is 2.58 bits per heavy atom. The fraction of sp³-hybridized carbons (Fsp3) is 0.421. The molecule has 2 aromatic rings. The fourth-order valence-electron chi connectivity index (χ4n) is 2.92. The van der Waals surface area contributed by atoms with Crippen LogP contribution in [0.4, 0.5) is 0 Å². The van der Waals surface area contributed by atoms with E-state index in [0.29, 0.717) is 0 Å². The van der Waals surface area contributed by atoms with Gasteiger partial charge < -0.3 is 14.8 Å². The maximum Gasteiger partial charge on any atom is 0.123 e. The first kappa shape index (κ1) is 22.7. The second kappa shape index (κ2) is 12.1. The third kappa shape index (κ3) is 6.74. The molecule has 5 nitrogen and oxygen atoms in total. The smallest absolute Gasteiger partial charge is 0.123 e. The molecular weight excluding hydrogens is 373 g/mol. The first-order valence-corrected chi connectivity index (χ1v) is 8.40. The molecule has 1 aromatic heterocycles. The van der Waals surface area contributed by atoms with Crippen molar-refractivity contribution in [2.45, 2.75) is 19.6 Å². The average Bonchev–Trinajstić information content (AvgIpc) is 2.64. The lowest BCUT2D eigenvalue weighted by molar-refractivity contribution is 0.0339. The number of morpholine rings is 1. The van der Waals surface area contributed by atoms with Crippen molar-refractivity contribution >= 4 is 24.8 Å². The fourth-order valence-corrected chi connectivity index (χ4v) is 2.92. The van der Waals surface area contributed by atoms with E-state index in [1.54, 1.807) is 13.3 Å². The van der Waals surface area contributed by atoms with Gasteiger partial charge in [0.15, 0.2) is 0 Å². The minimum atomic E-state index is 0. The molecule has 1 aliphatic rings.